The molecular weight excluding hydrogens is 152 g/mol. The van der Waals surface area contributed by atoms with Gasteiger partial charge in [-0.15, -0.1) is 0 Å². The molecule has 12 heavy (non-hydrogen) atoms. The molecule has 0 spiro atoms. The standard InChI is InChI=1S/C9H12N2O/c1-8(7-10)11-12-9-5-3-2-4-6-9/h2-6H,7,10H2,1H3/b11-8+. The lowest BCUT2D eigenvalue weighted by atomic mass is 10.3. The lowest BCUT2D eigenvalue weighted by molar-refractivity contribution is 0.340. The van der Waals surface area contributed by atoms with Crippen LogP contribution < -0.4 is 10.6 Å². The van der Waals surface area contributed by atoms with Gasteiger partial charge < -0.3 is 10.6 Å². The predicted molar refractivity (Wildman–Crippen MR) is 49.2 cm³/mol. The van der Waals surface area contributed by atoms with Crippen molar-refractivity contribution in [3.8, 4) is 5.75 Å². The van der Waals surface area contributed by atoms with E-state index >= 15 is 0 Å². The van der Waals surface area contributed by atoms with Crippen LogP contribution in [0.1, 0.15) is 6.92 Å². The molecule has 0 unspecified atom stereocenters. The third-order valence-corrected chi connectivity index (χ3v) is 1.35. The van der Waals surface area contributed by atoms with E-state index < -0.39 is 0 Å². The van der Waals surface area contributed by atoms with E-state index in [1.807, 2.05) is 37.3 Å². The first-order chi connectivity index (χ1) is 5.83. The maximum Gasteiger partial charge on any atom is 0.157 e. The Labute approximate surface area is 71.8 Å². The third-order valence-electron chi connectivity index (χ3n) is 1.35. The zero-order valence-corrected chi connectivity index (χ0v) is 7.03. The van der Waals surface area contributed by atoms with Gasteiger partial charge in [0.05, 0.1) is 5.71 Å². The first kappa shape index (κ1) is 8.74. The third kappa shape index (κ3) is 2.72. The van der Waals surface area contributed by atoms with Gasteiger partial charge in [-0.05, 0) is 19.1 Å². The Hall–Kier alpha value is -1.35. The van der Waals surface area contributed by atoms with Crippen LogP contribution in [0.15, 0.2) is 35.5 Å². The summed E-state index contributed by atoms with van der Waals surface area (Å²) in [7, 11) is 0. The van der Waals surface area contributed by atoms with Crippen LogP contribution >= 0.6 is 0 Å². The average molecular weight is 164 g/mol. The molecule has 0 aliphatic rings. The van der Waals surface area contributed by atoms with E-state index in [9.17, 15) is 0 Å². The highest BCUT2D eigenvalue weighted by molar-refractivity contribution is 5.83. The second-order valence-corrected chi connectivity index (χ2v) is 2.44. The zero-order valence-electron chi connectivity index (χ0n) is 7.03. The van der Waals surface area contributed by atoms with Gasteiger partial charge in [0.1, 0.15) is 0 Å². The summed E-state index contributed by atoms with van der Waals surface area (Å²) in [6.07, 6.45) is 0. The van der Waals surface area contributed by atoms with Crippen LogP contribution in [0.4, 0.5) is 0 Å². The predicted octanol–water partition coefficient (Wildman–Crippen LogP) is 1.40. The molecule has 0 saturated carbocycles. The summed E-state index contributed by atoms with van der Waals surface area (Å²) in [5.74, 6) is 0.727. The van der Waals surface area contributed by atoms with Gasteiger partial charge in [0.2, 0.25) is 0 Å². The number of oxime groups is 1. The van der Waals surface area contributed by atoms with E-state index in [0.29, 0.717) is 6.54 Å². The van der Waals surface area contributed by atoms with Gasteiger partial charge in [0.15, 0.2) is 5.75 Å². The first-order valence-corrected chi connectivity index (χ1v) is 3.78. The minimum atomic E-state index is 0.423. The van der Waals surface area contributed by atoms with Gasteiger partial charge >= 0.3 is 0 Å². The van der Waals surface area contributed by atoms with Crippen molar-refractivity contribution in [2.75, 3.05) is 6.54 Å². The zero-order chi connectivity index (χ0) is 8.81. The molecule has 0 amide bonds. The highest BCUT2D eigenvalue weighted by Gasteiger charge is 1.89. The molecule has 1 rings (SSSR count). The minimum absolute atomic E-state index is 0.423. The van der Waals surface area contributed by atoms with E-state index in [2.05, 4.69) is 5.16 Å². The largest absolute Gasteiger partial charge is 0.357 e. The monoisotopic (exact) mass is 164 g/mol. The van der Waals surface area contributed by atoms with Gasteiger partial charge in [-0.1, -0.05) is 23.4 Å². The number of hydrogen-bond acceptors (Lipinski definition) is 3. The molecule has 0 fully saturated rings. The smallest absolute Gasteiger partial charge is 0.157 e. The Morgan fingerprint density at radius 1 is 1.42 bits per heavy atom. The molecule has 1 aromatic rings. The van der Waals surface area contributed by atoms with Crippen LogP contribution in [-0.4, -0.2) is 12.3 Å². The van der Waals surface area contributed by atoms with Crippen molar-refractivity contribution in [2.45, 2.75) is 6.92 Å². The van der Waals surface area contributed by atoms with Crippen LogP contribution in [0.3, 0.4) is 0 Å². The summed E-state index contributed by atoms with van der Waals surface area (Å²) in [4.78, 5) is 5.07. The highest BCUT2D eigenvalue weighted by Crippen LogP contribution is 2.08. The molecule has 0 saturated heterocycles. The van der Waals surface area contributed by atoms with E-state index in [4.69, 9.17) is 10.6 Å². The quantitative estimate of drug-likeness (QED) is 0.542. The summed E-state index contributed by atoms with van der Waals surface area (Å²) >= 11 is 0. The number of nitrogens with zero attached hydrogens (tertiary/aromatic N) is 1. The fraction of sp³-hybridized carbons (Fsp3) is 0.222. The van der Waals surface area contributed by atoms with Crippen molar-refractivity contribution >= 4 is 5.71 Å². The molecular formula is C9H12N2O. The summed E-state index contributed by atoms with van der Waals surface area (Å²) in [5, 5.41) is 3.80. The molecule has 0 radical (unpaired) electrons. The fourth-order valence-electron chi connectivity index (χ4n) is 0.649. The average Bonchev–Trinajstić information content (AvgIpc) is 2.16. The molecule has 0 aliphatic carbocycles. The number of nitrogens with two attached hydrogens (primary N) is 1. The van der Waals surface area contributed by atoms with E-state index in [0.717, 1.165) is 11.5 Å². The molecule has 3 nitrogen and oxygen atoms in total. The van der Waals surface area contributed by atoms with Gasteiger partial charge in [0, 0.05) is 6.54 Å². The molecule has 0 bridgehead atoms. The van der Waals surface area contributed by atoms with Crippen LogP contribution in [0.2, 0.25) is 0 Å². The van der Waals surface area contributed by atoms with Gasteiger partial charge in [-0.2, -0.15) is 0 Å². The van der Waals surface area contributed by atoms with Gasteiger partial charge in [-0.25, -0.2) is 0 Å². The maximum absolute atomic E-state index is 5.33. The van der Waals surface area contributed by atoms with Crippen molar-refractivity contribution in [3.63, 3.8) is 0 Å². The van der Waals surface area contributed by atoms with Crippen molar-refractivity contribution in [2.24, 2.45) is 10.9 Å². The summed E-state index contributed by atoms with van der Waals surface area (Å²) in [6.45, 7) is 2.25. The fourth-order valence-corrected chi connectivity index (χ4v) is 0.649. The molecule has 0 heterocycles. The number of benzene rings is 1. The van der Waals surface area contributed by atoms with Crippen molar-refractivity contribution in [3.05, 3.63) is 30.3 Å². The molecule has 0 aromatic heterocycles. The summed E-state index contributed by atoms with van der Waals surface area (Å²) in [6, 6.07) is 9.39. The van der Waals surface area contributed by atoms with E-state index in [1.54, 1.807) is 0 Å². The topological polar surface area (TPSA) is 47.6 Å². The summed E-state index contributed by atoms with van der Waals surface area (Å²) < 4.78 is 0. The molecule has 0 aliphatic heterocycles. The first-order valence-electron chi connectivity index (χ1n) is 3.78. The second-order valence-electron chi connectivity index (χ2n) is 2.44. The number of rotatable bonds is 3. The molecule has 64 valence electrons. The van der Waals surface area contributed by atoms with Crippen LogP contribution in [0, 0.1) is 0 Å². The Bertz CT molecular complexity index is 256. The Morgan fingerprint density at radius 2 is 2.08 bits per heavy atom. The minimum Gasteiger partial charge on any atom is -0.357 e. The van der Waals surface area contributed by atoms with E-state index in [1.165, 1.54) is 0 Å². The van der Waals surface area contributed by atoms with Crippen molar-refractivity contribution < 1.29 is 4.84 Å². The number of para-hydroxylation sites is 1. The van der Waals surface area contributed by atoms with Crippen LogP contribution in [0.5, 0.6) is 5.75 Å². The van der Waals surface area contributed by atoms with Gasteiger partial charge in [-0.3, -0.25) is 0 Å². The Kier molecular flexibility index (Phi) is 3.29. The van der Waals surface area contributed by atoms with Crippen LogP contribution in [-0.2, 0) is 0 Å². The Balaban J connectivity index is 2.54. The maximum atomic E-state index is 5.33. The van der Waals surface area contributed by atoms with Crippen molar-refractivity contribution in [1.29, 1.82) is 0 Å². The van der Waals surface area contributed by atoms with E-state index in [-0.39, 0.29) is 0 Å². The second kappa shape index (κ2) is 4.51. The van der Waals surface area contributed by atoms with Crippen molar-refractivity contribution in [1.82, 2.24) is 0 Å². The molecule has 1 aromatic carbocycles. The Morgan fingerprint density at radius 3 is 2.67 bits per heavy atom. The molecule has 2 N–H and O–H groups in total. The normalized spacial score (nSPS) is 11.3. The lowest BCUT2D eigenvalue weighted by Gasteiger charge is -1.98. The molecule has 0 atom stereocenters. The lowest BCUT2D eigenvalue weighted by Crippen LogP contribution is -2.10. The number of hydrogen-bond donors (Lipinski definition) is 1. The molecule has 3 heteroatoms. The van der Waals surface area contributed by atoms with Crippen LogP contribution in [0.25, 0.3) is 0 Å². The van der Waals surface area contributed by atoms with Gasteiger partial charge in [0.25, 0.3) is 0 Å². The highest BCUT2D eigenvalue weighted by atomic mass is 16.6. The summed E-state index contributed by atoms with van der Waals surface area (Å²) in [5.41, 5.74) is 6.10. The SMILES string of the molecule is C/C(CN)=N\Oc1ccccc1.